The quantitative estimate of drug-likeness (QED) is 0.128. The summed E-state index contributed by atoms with van der Waals surface area (Å²) >= 11 is 0. The number of aromatic nitrogens is 1. The molecule has 9 rings (SSSR count). The molecule has 0 saturated carbocycles. The van der Waals surface area contributed by atoms with Gasteiger partial charge in [-0.05, 0) is 119 Å². The lowest BCUT2D eigenvalue weighted by Gasteiger charge is -2.35. The summed E-state index contributed by atoms with van der Waals surface area (Å²) in [5, 5.41) is 45.7. The molecule has 0 bridgehead atoms. The third-order valence-corrected chi connectivity index (χ3v) is 11.0. The molecule has 0 atom stereocenters. The van der Waals surface area contributed by atoms with E-state index in [9.17, 15) is 20.4 Å². The molecule has 1 heterocycles. The molecule has 1 aliphatic rings. The van der Waals surface area contributed by atoms with Gasteiger partial charge in [-0.1, -0.05) is 72.8 Å². The van der Waals surface area contributed by atoms with Gasteiger partial charge in [-0.25, -0.2) is 0 Å². The van der Waals surface area contributed by atoms with Gasteiger partial charge in [0, 0.05) is 35.9 Å². The van der Waals surface area contributed by atoms with Gasteiger partial charge in [-0.3, -0.25) is 4.57 Å². The van der Waals surface area contributed by atoms with Gasteiger partial charge in [0.1, 0.15) is 23.0 Å². The topological polar surface area (TPSA) is 98.3 Å². The Morgan fingerprint density at radius 3 is 1.67 bits per heavy atom. The van der Waals surface area contributed by atoms with Gasteiger partial charge in [-0.2, -0.15) is 0 Å². The van der Waals surface area contributed by atoms with Crippen LogP contribution >= 0.6 is 0 Å². The Morgan fingerprint density at radius 1 is 0.519 bits per heavy atom. The second kappa shape index (κ2) is 12.1. The Balaban J connectivity index is 1.16. The highest BCUT2D eigenvalue weighted by Gasteiger charge is 2.46. The first kappa shape index (κ1) is 33.0. The van der Waals surface area contributed by atoms with Crippen LogP contribution in [0.3, 0.4) is 0 Å². The van der Waals surface area contributed by atoms with Crippen molar-refractivity contribution in [1.29, 1.82) is 0 Å². The van der Waals surface area contributed by atoms with Crippen LogP contribution in [0.15, 0.2) is 133 Å². The van der Waals surface area contributed by atoms with Gasteiger partial charge >= 0.3 is 0 Å². The van der Waals surface area contributed by atoms with Crippen LogP contribution in [-0.4, -0.2) is 39.1 Å². The number of anilines is 1. The monoisotopic (exact) mass is 710 g/mol. The van der Waals surface area contributed by atoms with Gasteiger partial charge in [0.05, 0.1) is 16.5 Å². The van der Waals surface area contributed by atoms with E-state index in [2.05, 4.69) is 105 Å². The smallest absolute Gasteiger partial charge is 0.206 e. The highest BCUT2D eigenvalue weighted by atomic mass is 16.5. The zero-order valence-electron chi connectivity index (χ0n) is 30.3. The molecule has 7 nitrogen and oxygen atoms in total. The molecule has 0 radical (unpaired) electrons. The second-order valence-electron chi connectivity index (χ2n) is 14.3. The van der Waals surface area contributed by atoms with Gasteiger partial charge < -0.3 is 30.1 Å². The molecular weight excluding hydrogens is 673 g/mol. The zero-order valence-corrected chi connectivity index (χ0v) is 30.3. The van der Waals surface area contributed by atoms with Crippen molar-refractivity contribution >= 4 is 27.2 Å². The van der Waals surface area contributed by atoms with Crippen LogP contribution in [0.5, 0.6) is 34.8 Å². The molecule has 7 aromatic carbocycles. The number of ether oxygens (including phenoxy) is 1. The molecule has 1 aromatic heterocycles. The van der Waals surface area contributed by atoms with E-state index in [4.69, 9.17) is 4.74 Å². The summed E-state index contributed by atoms with van der Waals surface area (Å²) in [6.45, 7) is 4.16. The maximum absolute atomic E-state index is 11.7. The predicted molar refractivity (Wildman–Crippen MR) is 215 cm³/mol. The largest absolute Gasteiger partial charge is 0.507 e. The lowest BCUT2D eigenvalue weighted by atomic mass is 9.67. The number of benzene rings is 7. The van der Waals surface area contributed by atoms with E-state index in [0.29, 0.717) is 38.7 Å². The van der Waals surface area contributed by atoms with E-state index < -0.39 is 5.41 Å². The molecule has 1 aliphatic carbocycles. The number of phenolic OH excluding ortho intramolecular Hbond substituents is 2. The second-order valence-corrected chi connectivity index (χ2v) is 14.3. The molecule has 0 spiro atoms. The summed E-state index contributed by atoms with van der Waals surface area (Å²) in [7, 11) is 4.13. The number of rotatable bonds is 6. The molecule has 54 heavy (non-hydrogen) atoms. The molecule has 0 amide bonds. The summed E-state index contributed by atoms with van der Waals surface area (Å²) in [4.78, 5) is 2.14. The Morgan fingerprint density at radius 2 is 1.06 bits per heavy atom. The van der Waals surface area contributed by atoms with Crippen LogP contribution < -0.4 is 9.64 Å². The molecule has 0 saturated heterocycles. The highest BCUT2D eigenvalue weighted by Crippen LogP contribution is 2.57. The van der Waals surface area contributed by atoms with Gasteiger partial charge in [0.25, 0.3) is 0 Å². The van der Waals surface area contributed by atoms with Crippen molar-refractivity contribution in [2.75, 3.05) is 19.0 Å². The average Bonchev–Trinajstić information content (AvgIpc) is 3.61. The van der Waals surface area contributed by atoms with Crippen molar-refractivity contribution in [1.82, 2.24) is 4.57 Å². The van der Waals surface area contributed by atoms with Gasteiger partial charge in [-0.15, -0.1) is 0 Å². The Hall–Kier alpha value is -6.86. The normalized spacial score (nSPS) is 12.9. The third kappa shape index (κ3) is 4.75. The summed E-state index contributed by atoms with van der Waals surface area (Å²) in [5.41, 5.74) is 10.3. The maximum atomic E-state index is 11.7. The number of aryl methyl sites for hydroxylation is 2. The van der Waals surface area contributed by atoms with E-state index in [0.717, 1.165) is 16.8 Å². The van der Waals surface area contributed by atoms with Crippen LogP contribution in [0.25, 0.3) is 38.4 Å². The van der Waals surface area contributed by atoms with Crippen molar-refractivity contribution in [3.63, 3.8) is 0 Å². The fourth-order valence-electron chi connectivity index (χ4n) is 8.59. The fourth-order valence-corrected chi connectivity index (χ4v) is 8.59. The Kier molecular flexibility index (Phi) is 7.40. The van der Waals surface area contributed by atoms with E-state index >= 15 is 0 Å². The van der Waals surface area contributed by atoms with Gasteiger partial charge in [0.2, 0.25) is 11.8 Å². The van der Waals surface area contributed by atoms with E-state index in [1.54, 1.807) is 36.4 Å². The minimum absolute atomic E-state index is 0.0225. The van der Waals surface area contributed by atoms with Crippen molar-refractivity contribution in [3.05, 3.63) is 167 Å². The first-order chi connectivity index (χ1) is 26.1. The van der Waals surface area contributed by atoms with Crippen molar-refractivity contribution in [2.45, 2.75) is 19.3 Å². The van der Waals surface area contributed by atoms with Crippen LogP contribution in [0.2, 0.25) is 0 Å². The first-order valence-electron chi connectivity index (χ1n) is 17.9. The first-order valence-corrected chi connectivity index (χ1v) is 17.9. The average molecular weight is 711 g/mol. The lowest BCUT2D eigenvalue weighted by Crippen LogP contribution is -2.29. The van der Waals surface area contributed by atoms with Gasteiger partial charge in [0.15, 0.2) is 0 Å². The summed E-state index contributed by atoms with van der Waals surface area (Å²) < 4.78 is 7.61. The summed E-state index contributed by atoms with van der Waals surface area (Å²) in [6, 6.07) is 43.3. The van der Waals surface area contributed by atoms with Crippen LogP contribution in [0.1, 0.15) is 33.4 Å². The van der Waals surface area contributed by atoms with E-state index in [1.165, 1.54) is 50.1 Å². The maximum Gasteiger partial charge on any atom is 0.206 e. The molecule has 266 valence electrons. The number of nitrogens with zero attached hydrogens (tertiary/aromatic N) is 2. The standard InChI is InChI=1S/C47H38N2O5/c1-27-23-29(13-19-41(27)48(3)4)47(39-11-7-5-9-33(39)34-10-6-8-12-40(34)47)30-14-20-42(28(2)24-30)49-45(52)36-18-16-32(26-38(36)46(49)53)54-31-15-17-35-37(25-31)44(51)22-21-43(35)50/h5-26,50-53H,1-4H3. The van der Waals surface area contributed by atoms with Crippen LogP contribution in [0.4, 0.5) is 5.69 Å². The third-order valence-electron chi connectivity index (χ3n) is 11.0. The minimum atomic E-state index is -0.609. The molecule has 7 heteroatoms. The number of hydrogen-bond acceptors (Lipinski definition) is 6. The zero-order chi connectivity index (χ0) is 37.5. The molecule has 0 unspecified atom stereocenters. The van der Waals surface area contributed by atoms with E-state index in [1.807, 2.05) is 13.0 Å². The van der Waals surface area contributed by atoms with Crippen molar-refractivity contribution < 1.29 is 25.2 Å². The number of aromatic hydroxyl groups is 4. The molecule has 0 fully saturated rings. The summed E-state index contributed by atoms with van der Waals surface area (Å²) in [6.07, 6.45) is 0. The predicted octanol–water partition coefficient (Wildman–Crippen LogP) is 10.4. The van der Waals surface area contributed by atoms with Crippen LogP contribution in [-0.2, 0) is 5.41 Å². The SMILES string of the molecule is Cc1cc(C2(c3ccc(-n4c(O)c5ccc(Oc6ccc7c(O)ccc(O)c7c6)cc5c4O)c(C)c3)c3ccccc3-c3ccccc32)ccc1N(C)C. The lowest BCUT2D eigenvalue weighted by molar-refractivity contribution is 0.406. The molecule has 8 aromatic rings. The van der Waals surface area contributed by atoms with Crippen molar-refractivity contribution in [3.8, 4) is 51.6 Å². The van der Waals surface area contributed by atoms with Crippen LogP contribution in [0, 0.1) is 13.8 Å². The Bertz CT molecular complexity index is 2770. The van der Waals surface area contributed by atoms with E-state index in [-0.39, 0.29) is 23.3 Å². The molecule has 0 aliphatic heterocycles. The number of hydrogen-bond donors (Lipinski definition) is 4. The number of phenols is 2. The van der Waals surface area contributed by atoms with Crippen molar-refractivity contribution in [2.24, 2.45) is 0 Å². The number of fused-ring (bicyclic) bond motifs is 5. The highest BCUT2D eigenvalue weighted by molar-refractivity contribution is 5.96. The Labute approximate surface area is 312 Å². The molecule has 4 N–H and O–H groups in total. The minimum Gasteiger partial charge on any atom is -0.507 e. The molecular formula is C47H38N2O5. The summed E-state index contributed by atoms with van der Waals surface area (Å²) in [5.74, 6) is 0.741. The fraction of sp³-hybridized carbons (Fsp3) is 0.106.